The maximum absolute atomic E-state index is 13.8. The number of carbonyl (C=O) groups is 1. The monoisotopic (exact) mass is 438 g/mol. The molecule has 1 atom stereocenters. The van der Waals surface area contributed by atoms with Gasteiger partial charge >= 0.3 is 0 Å². The predicted octanol–water partition coefficient (Wildman–Crippen LogP) is 5.34. The van der Waals surface area contributed by atoms with Gasteiger partial charge in [-0.2, -0.15) is 5.10 Å². The first kappa shape index (κ1) is 20.7. The van der Waals surface area contributed by atoms with Crippen LogP contribution in [-0.4, -0.2) is 32.7 Å². The summed E-state index contributed by atoms with van der Waals surface area (Å²) >= 11 is 7.67. The molecule has 0 fully saturated rings. The van der Waals surface area contributed by atoms with Gasteiger partial charge in [-0.15, -0.1) is 0 Å². The van der Waals surface area contributed by atoms with Crippen LogP contribution in [0.4, 0.5) is 5.69 Å². The van der Waals surface area contributed by atoms with E-state index < -0.39 is 0 Å². The summed E-state index contributed by atoms with van der Waals surface area (Å²) in [6.45, 7) is 6.50. The van der Waals surface area contributed by atoms with Crippen molar-refractivity contribution in [3.8, 4) is 0 Å². The molecule has 7 heteroatoms. The third-order valence-corrected chi connectivity index (χ3v) is 6.48. The van der Waals surface area contributed by atoms with Crippen LogP contribution in [0.5, 0.6) is 0 Å². The van der Waals surface area contributed by atoms with E-state index in [2.05, 4.69) is 24.2 Å². The van der Waals surface area contributed by atoms with Gasteiger partial charge < -0.3 is 0 Å². The van der Waals surface area contributed by atoms with Gasteiger partial charge in [0.25, 0.3) is 5.91 Å². The summed E-state index contributed by atoms with van der Waals surface area (Å²) < 4.78 is 1.89. The topological polar surface area (TPSA) is 50.5 Å². The maximum atomic E-state index is 13.8. The molecular formula is C23H23ClN4OS. The molecule has 0 aliphatic carbocycles. The van der Waals surface area contributed by atoms with Crippen molar-refractivity contribution in [1.29, 1.82) is 0 Å². The van der Waals surface area contributed by atoms with E-state index in [1.54, 1.807) is 28.8 Å². The van der Waals surface area contributed by atoms with E-state index in [0.29, 0.717) is 28.0 Å². The molecule has 0 unspecified atom stereocenters. The highest BCUT2D eigenvalue weighted by Gasteiger charge is 2.31. The van der Waals surface area contributed by atoms with Crippen molar-refractivity contribution in [3.05, 3.63) is 82.1 Å². The Labute approximate surface area is 185 Å². The van der Waals surface area contributed by atoms with Gasteiger partial charge in [0.15, 0.2) is 5.17 Å². The van der Waals surface area contributed by atoms with Crippen molar-refractivity contribution >= 4 is 40.1 Å². The minimum Gasteiger partial charge on any atom is -0.268 e. The molecular weight excluding hydrogens is 416 g/mol. The molecule has 1 aromatic heterocycles. The molecule has 2 heterocycles. The fraction of sp³-hybridized carbons (Fsp3) is 0.261. The quantitative estimate of drug-likeness (QED) is 0.552. The molecule has 2 aromatic carbocycles. The van der Waals surface area contributed by atoms with E-state index in [4.69, 9.17) is 16.6 Å². The highest BCUT2D eigenvalue weighted by Crippen LogP contribution is 2.29. The second-order valence-electron chi connectivity index (χ2n) is 7.38. The average Bonchev–Trinajstić information content (AvgIpc) is 3.27. The van der Waals surface area contributed by atoms with Crippen LogP contribution in [0.2, 0.25) is 5.02 Å². The number of hydrogen-bond donors (Lipinski definition) is 0. The molecule has 0 saturated heterocycles. The van der Waals surface area contributed by atoms with Gasteiger partial charge in [0.2, 0.25) is 0 Å². The minimum absolute atomic E-state index is 0.119. The van der Waals surface area contributed by atoms with Crippen LogP contribution in [0.15, 0.2) is 59.6 Å². The Balaban J connectivity index is 1.73. The Morgan fingerprint density at radius 2 is 1.87 bits per heavy atom. The van der Waals surface area contributed by atoms with Gasteiger partial charge in [-0.1, -0.05) is 53.7 Å². The van der Waals surface area contributed by atoms with Gasteiger partial charge in [-0.05, 0) is 50.6 Å². The Kier molecular flexibility index (Phi) is 5.97. The summed E-state index contributed by atoms with van der Waals surface area (Å²) in [5, 5.41) is 6.00. The maximum Gasteiger partial charge on any atom is 0.268 e. The number of anilines is 1. The van der Waals surface area contributed by atoms with Crippen LogP contribution >= 0.6 is 23.4 Å². The molecule has 0 spiro atoms. The molecule has 3 aromatic rings. The minimum atomic E-state index is -0.119. The van der Waals surface area contributed by atoms with Crippen LogP contribution in [0.25, 0.3) is 0 Å². The lowest BCUT2D eigenvalue weighted by atomic mass is 10.1. The number of aliphatic imine (C=N–C) groups is 1. The lowest BCUT2D eigenvalue weighted by molar-refractivity contribution is 0.100. The van der Waals surface area contributed by atoms with Crippen molar-refractivity contribution in [2.75, 3.05) is 10.7 Å². The van der Waals surface area contributed by atoms with E-state index in [9.17, 15) is 4.79 Å². The van der Waals surface area contributed by atoms with Gasteiger partial charge in [0, 0.05) is 16.5 Å². The van der Waals surface area contributed by atoms with Crippen LogP contribution in [0, 0.1) is 13.8 Å². The van der Waals surface area contributed by atoms with Crippen molar-refractivity contribution in [3.63, 3.8) is 0 Å². The van der Waals surface area contributed by atoms with E-state index in [-0.39, 0.29) is 11.9 Å². The molecule has 0 N–H and O–H groups in total. The lowest BCUT2D eigenvalue weighted by Gasteiger charge is -2.22. The second-order valence-corrected chi connectivity index (χ2v) is 8.80. The normalized spacial score (nSPS) is 15.9. The number of benzene rings is 2. The van der Waals surface area contributed by atoms with Crippen LogP contribution in [0.1, 0.15) is 34.2 Å². The van der Waals surface area contributed by atoms with Gasteiger partial charge in [0.05, 0.1) is 29.5 Å². The Morgan fingerprint density at radius 1 is 1.17 bits per heavy atom. The van der Waals surface area contributed by atoms with E-state index in [1.807, 2.05) is 48.9 Å². The highest BCUT2D eigenvalue weighted by molar-refractivity contribution is 8.14. The summed E-state index contributed by atoms with van der Waals surface area (Å²) in [5.41, 5.74) is 4.06. The summed E-state index contributed by atoms with van der Waals surface area (Å²) in [7, 11) is 0. The summed E-state index contributed by atoms with van der Waals surface area (Å²) in [4.78, 5) is 20.2. The van der Waals surface area contributed by atoms with E-state index in [0.717, 1.165) is 22.7 Å². The lowest BCUT2D eigenvalue weighted by Crippen LogP contribution is -2.35. The number of aryl methyl sites for hydroxylation is 1. The van der Waals surface area contributed by atoms with E-state index in [1.165, 1.54) is 0 Å². The number of thioether (sulfide) groups is 1. The van der Waals surface area contributed by atoms with Crippen LogP contribution in [-0.2, 0) is 6.54 Å². The number of rotatable bonds is 4. The molecule has 4 rings (SSSR count). The van der Waals surface area contributed by atoms with E-state index >= 15 is 0 Å². The first-order valence-electron chi connectivity index (χ1n) is 9.82. The number of nitrogens with zero attached hydrogens (tertiary/aromatic N) is 4. The molecule has 30 heavy (non-hydrogen) atoms. The predicted molar refractivity (Wildman–Crippen MR) is 125 cm³/mol. The van der Waals surface area contributed by atoms with Gasteiger partial charge in [-0.25, -0.2) is 0 Å². The molecule has 154 valence electrons. The standard InChI is InChI=1S/C23H23ClN4OS/c1-15-14-30-23(25-15)28(20-11-9-19(24)10-12-20)22(29)21-16(2)26-27(17(21)3)13-18-7-5-4-6-8-18/h4-12,15H,13-14H2,1-3H3/t15-/m0/s1. The zero-order valence-electron chi connectivity index (χ0n) is 17.2. The first-order valence-corrected chi connectivity index (χ1v) is 11.2. The molecule has 5 nitrogen and oxygen atoms in total. The Morgan fingerprint density at radius 3 is 2.50 bits per heavy atom. The molecule has 0 bridgehead atoms. The highest BCUT2D eigenvalue weighted by atomic mass is 35.5. The number of halogens is 1. The fourth-order valence-corrected chi connectivity index (χ4v) is 4.68. The van der Waals surface area contributed by atoms with Crippen LogP contribution in [0.3, 0.4) is 0 Å². The summed E-state index contributed by atoms with van der Waals surface area (Å²) in [5.74, 6) is 0.741. The Bertz CT molecular complexity index is 1090. The number of amides is 1. The summed E-state index contributed by atoms with van der Waals surface area (Å²) in [6.07, 6.45) is 0. The molecule has 1 aliphatic heterocycles. The number of carbonyl (C=O) groups excluding carboxylic acids is 1. The number of amidine groups is 1. The van der Waals surface area contributed by atoms with Gasteiger partial charge in [-0.3, -0.25) is 19.4 Å². The third kappa shape index (κ3) is 4.16. The first-order chi connectivity index (χ1) is 14.4. The molecule has 1 aliphatic rings. The fourth-order valence-electron chi connectivity index (χ4n) is 3.51. The largest absolute Gasteiger partial charge is 0.268 e. The van der Waals surface area contributed by atoms with Crippen LogP contribution < -0.4 is 4.90 Å². The zero-order valence-corrected chi connectivity index (χ0v) is 18.7. The van der Waals surface area contributed by atoms with Gasteiger partial charge in [0.1, 0.15) is 0 Å². The SMILES string of the molecule is Cc1nn(Cc2ccccc2)c(C)c1C(=O)N(C1=N[C@@H](C)CS1)c1ccc(Cl)cc1. The van der Waals surface area contributed by atoms with Crippen molar-refractivity contribution in [1.82, 2.24) is 9.78 Å². The average molecular weight is 439 g/mol. The Hall–Kier alpha value is -2.57. The number of hydrogen-bond acceptors (Lipinski definition) is 4. The second kappa shape index (κ2) is 8.66. The molecule has 1 amide bonds. The summed E-state index contributed by atoms with van der Waals surface area (Å²) in [6, 6.07) is 17.6. The molecule has 0 saturated carbocycles. The number of aromatic nitrogens is 2. The molecule has 0 radical (unpaired) electrons. The van der Waals surface area contributed by atoms with Crippen molar-refractivity contribution in [2.45, 2.75) is 33.4 Å². The third-order valence-electron chi connectivity index (χ3n) is 5.03. The zero-order chi connectivity index (χ0) is 21.3. The van der Waals surface area contributed by atoms with Crippen molar-refractivity contribution < 1.29 is 4.79 Å². The smallest absolute Gasteiger partial charge is 0.268 e. The van der Waals surface area contributed by atoms with Crippen molar-refractivity contribution in [2.24, 2.45) is 4.99 Å².